The Balaban J connectivity index is 1.57. The largest absolute Gasteiger partial charge is 0.447 e. The highest BCUT2D eigenvalue weighted by atomic mass is 19.1. The number of carbonyl (C=O) groups is 2. The van der Waals surface area contributed by atoms with Gasteiger partial charge in [0, 0.05) is 23.4 Å². The molecule has 1 aliphatic rings. The number of halogens is 1. The number of hydrogen-bond donors (Lipinski definition) is 1. The second kappa shape index (κ2) is 8.22. The van der Waals surface area contributed by atoms with Gasteiger partial charge in [0.2, 0.25) is 5.91 Å². The summed E-state index contributed by atoms with van der Waals surface area (Å²) in [4.78, 5) is 29.0. The molecule has 0 bridgehead atoms. The molecule has 1 heterocycles. The van der Waals surface area contributed by atoms with Crippen molar-refractivity contribution < 1.29 is 18.7 Å². The number of nitrogens with one attached hydrogen (secondary N) is 1. The first-order valence-corrected chi connectivity index (χ1v) is 9.38. The van der Waals surface area contributed by atoms with E-state index in [4.69, 9.17) is 4.74 Å². The van der Waals surface area contributed by atoms with E-state index in [1.54, 1.807) is 60.8 Å². The molecule has 2 aromatic carbocycles. The Kier molecular flexibility index (Phi) is 5.33. The average Bonchev–Trinajstić information content (AvgIpc) is 3.58. The molecule has 1 fully saturated rings. The van der Waals surface area contributed by atoms with Gasteiger partial charge in [-0.2, -0.15) is 0 Å². The fourth-order valence-corrected chi connectivity index (χ4v) is 2.99. The molecular formula is C23H19FN2O3. The number of benzene rings is 2. The van der Waals surface area contributed by atoms with Crippen LogP contribution in [0.3, 0.4) is 0 Å². The lowest BCUT2D eigenvalue weighted by molar-refractivity contribution is -0.117. The summed E-state index contributed by atoms with van der Waals surface area (Å²) >= 11 is 0. The van der Waals surface area contributed by atoms with E-state index in [1.165, 1.54) is 12.1 Å². The lowest BCUT2D eigenvalue weighted by Crippen LogP contribution is -2.16. The summed E-state index contributed by atoms with van der Waals surface area (Å²) in [5.74, 6) is -0.995. The van der Waals surface area contributed by atoms with Crippen molar-refractivity contribution in [1.29, 1.82) is 0 Å². The summed E-state index contributed by atoms with van der Waals surface area (Å²) < 4.78 is 19.4. The number of rotatable bonds is 6. The molecule has 1 aromatic heterocycles. The Morgan fingerprint density at radius 2 is 1.86 bits per heavy atom. The van der Waals surface area contributed by atoms with Crippen LogP contribution in [0.1, 0.15) is 40.6 Å². The molecule has 4 rings (SSSR count). The second-order valence-electron chi connectivity index (χ2n) is 6.94. The fraction of sp³-hybridized carbons (Fsp3) is 0.174. The molecule has 1 N–H and O–H groups in total. The van der Waals surface area contributed by atoms with E-state index < -0.39 is 17.9 Å². The Hall–Kier alpha value is -3.54. The first kappa shape index (κ1) is 18.8. The summed E-state index contributed by atoms with van der Waals surface area (Å²) in [5.41, 5.74) is 1.80. The van der Waals surface area contributed by atoms with Crippen LogP contribution in [-0.4, -0.2) is 16.9 Å². The van der Waals surface area contributed by atoms with Gasteiger partial charge in [-0.15, -0.1) is 0 Å². The number of nitrogens with zero attached hydrogens (tertiary/aromatic N) is 1. The summed E-state index contributed by atoms with van der Waals surface area (Å²) in [6, 6.07) is 17.7. The highest BCUT2D eigenvalue weighted by Gasteiger charge is 2.29. The number of aromatic nitrogens is 1. The topological polar surface area (TPSA) is 68.3 Å². The number of anilines is 1. The van der Waals surface area contributed by atoms with Gasteiger partial charge in [-0.3, -0.25) is 9.78 Å². The van der Waals surface area contributed by atoms with Crippen molar-refractivity contribution in [3.63, 3.8) is 0 Å². The van der Waals surface area contributed by atoms with E-state index >= 15 is 0 Å². The zero-order chi connectivity index (χ0) is 20.2. The molecule has 5 nitrogen and oxygen atoms in total. The van der Waals surface area contributed by atoms with E-state index in [0.717, 1.165) is 12.8 Å². The summed E-state index contributed by atoms with van der Waals surface area (Å²) in [5, 5.41) is 2.81. The zero-order valence-corrected chi connectivity index (χ0v) is 15.5. The predicted molar refractivity (Wildman–Crippen MR) is 106 cm³/mol. The van der Waals surface area contributed by atoms with Crippen LogP contribution >= 0.6 is 0 Å². The molecular weight excluding hydrogens is 371 g/mol. The van der Waals surface area contributed by atoms with Crippen molar-refractivity contribution in [3.8, 4) is 0 Å². The Morgan fingerprint density at radius 1 is 1.03 bits per heavy atom. The van der Waals surface area contributed by atoms with Crippen molar-refractivity contribution in [2.24, 2.45) is 5.92 Å². The predicted octanol–water partition coefficient (Wildman–Crippen LogP) is 4.52. The third-order valence-corrected chi connectivity index (χ3v) is 4.65. The normalized spacial score (nSPS) is 14.1. The maximum Gasteiger partial charge on any atom is 0.339 e. The number of hydrogen-bond acceptors (Lipinski definition) is 4. The molecule has 0 radical (unpaired) electrons. The Labute approximate surface area is 167 Å². The van der Waals surface area contributed by atoms with Crippen LogP contribution in [0.4, 0.5) is 10.1 Å². The summed E-state index contributed by atoms with van der Waals surface area (Å²) in [7, 11) is 0. The molecule has 146 valence electrons. The van der Waals surface area contributed by atoms with Crippen molar-refractivity contribution in [3.05, 3.63) is 95.6 Å². The van der Waals surface area contributed by atoms with E-state index in [2.05, 4.69) is 10.3 Å². The molecule has 0 aliphatic heterocycles. The molecule has 0 saturated heterocycles. The minimum absolute atomic E-state index is 0.0401. The molecule has 1 amide bonds. The van der Waals surface area contributed by atoms with Crippen LogP contribution in [0.5, 0.6) is 0 Å². The summed E-state index contributed by atoms with van der Waals surface area (Å²) in [6.07, 6.45) is 2.52. The van der Waals surface area contributed by atoms with Crippen LogP contribution < -0.4 is 5.32 Å². The highest BCUT2D eigenvalue weighted by molar-refractivity contribution is 5.96. The van der Waals surface area contributed by atoms with Gasteiger partial charge in [0.05, 0.1) is 11.3 Å². The highest BCUT2D eigenvalue weighted by Crippen LogP contribution is 2.30. The maximum absolute atomic E-state index is 13.7. The first-order valence-electron chi connectivity index (χ1n) is 9.38. The number of carbonyl (C=O) groups excluding carboxylic acids is 2. The van der Waals surface area contributed by atoms with Crippen LogP contribution in [-0.2, 0) is 9.53 Å². The molecule has 0 spiro atoms. The molecule has 1 saturated carbocycles. The molecule has 1 aliphatic carbocycles. The molecule has 1 atom stereocenters. The Morgan fingerprint density at radius 3 is 2.59 bits per heavy atom. The second-order valence-corrected chi connectivity index (χ2v) is 6.94. The van der Waals surface area contributed by atoms with Crippen LogP contribution in [0, 0.1) is 11.7 Å². The Bertz CT molecular complexity index is 1040. The van der Waals surface area contributed by atoms with E-state index in [0.29, 0.717) is 16.9 Å². The van der Waals surface area contributed by atoms with Crippen molar-refractivity contribution in [2.75, 3.05) is 5.32 Å². The third kappa shape index (κ3) is 4.66. The van der Waals surface area contributed by atoms with Crippen LogP contribution in [0.2, 0.25) is 0 Å². The van der Waals surface area contributed by atoms with Gasteiger partial charge < -0.3 is 10.1 Å². The van der Waals surface area contributed by atoms with E-state index in [-0.39, 0.29) is 17.4 Å². The van der Waals surface area contributed by atoms with Crippen molar-refractivity contribution >= 4 is 17.6 Å². The number of esters is 1. The van der Waals surface area contributed by atoms with Gasteiger partial charge in [-0.1, -0.05) is 24.3 Å². The molecule has 1 unspecified atom stereocenters. The number of amides is 1. The lowest BCUT2D eigenvalue weighted by atomic mass is 10.1. The molecule has 29 heavy (non-hydrogen) atoms. The average molecular weight is 390 g/mol. The van der Waals surface area contributed by atoms with Crippen LogP contribution in [0.15, 0.2) is 72.9 Å². The standard InChI is InChI=1S/C23H19FN2O3/c24-18-7-3-5-16(13-18)21(20-9-1-2-12-25-20)29-23(28)17-6-4-8-19(14-17)26-22(27)15-10-11-15/h1-9,12-15,21H,10-11H2,(H,26,27). The minimum Gasteiger partial charge on any atom is -0.447 e. The van der Waals surface area contributed by atoms with Crippen LogP contribution in [0.25, 0.3) is 0 Å². The van der Waals surface area contributed by atoms with Gasteiger partial charge in [0.1, 0.15) is 5.82 Å². The smallest absolute Gasteiger partial charge is 0.339 e. The zero-order valence-electron chi connectivity index (χ0n) is 15.5. The van der Waals surface area contributed by atoms with Gasteiger partial charge in [0.15, 0.2) is 6.10 Å². The van der Waals surface area contributed by atoms with Gasteiger partial charge >= 0.3 is 5.97 Å². The van der Waals surface area contributed by atoms with Gasteiger partial charge in [-0.25, -0.2) is 9.18 Å². The quantitative estimate of drug-likeness (QED) is 0.629. The molecule has 6 heteroatoms. The van der Waals surface area contributed by atoms with E-state index in [9.17, 15) is 14.0 Å². The minimum atomic E-state index is -0.857. The van der Waals surface area contributed by atoms with Crippen molar-refractivity contribution in [2.45, 2.75) is 18.9 Å². The monoisotopic (exact) mass is 390 g/mol. The van der Waals surface area contributed by atoms with Gasteiger partial charge in [-0.05, 0) is 55.3 Å². The lowest BCUT2D eigenvalue weighted by Gasteiger charge is -2.18. The number of ether oxygens (including phenoxy) is 1. The SMILES string of the molecule is O=C(OC(c1cccc(F)c1)c1ccccn1)c1cccc(NC(=O)C2CC2)c1. The maximum atomic E-state index is 13.7. The van der Waals surface area contributed by atoms with E-state index in [1.807, 2.05) is 0 Å². The fourth-order valence-electron chi connectivity index (χ4n) is 2.99. The summed E-state index contributed by atoms with van der Waals surface area (Å²) in [6.45, 7) is 0. The van der Waals surface area contributed by atoms with Gasteiger partial charge in [0.25, 0.3) is 0 Å². The number of pyridine rings is 1. The molecule has 3 aromatic rings. The van der Waals surface area contributed by atoms with Crippen molar-refractivity contribution in [1.82, 2.24) is 4.98 Å². The third-order valence-electron chi connectivity index (χ3n) is 4.65. The first-order chi connectivity index (χ1) is 14.1.